The summed E-state index contributed by atoms with van der Waals surface area (Å²) in [5.74, 6) is 1.79. The number of carbonyl (C=O) groups excluding carboxylic acids is 1. The number of alkyl halides is 3. The molecular formula is C24H33F3N6O. The Balaban J connectivity index is 1.32. The number of aromatic nitrogens is 3. The Bertz CT molecular complexity index is 1030. The van der Waals surface area contributed by atoms with Crippen molar-refractivity contribution >= 4 is 23.1 Å². The van der Waals surface area contributed by atoms with Crippen LogP contribution in [0, 0.1) is 24.7 Å². The zero-order valence-corrected chi connectivity index (χ0v) is 20.1. The molecule has 10 heteroatoms. The number of amides is 1. The minimum absolute atomic E-state index is 0.00268. The first-order valence-corrected chi connectivity index (χ1v) is 11.9. The molecule has 2 N–H and O–H groups in total. The molecule has 1 atom stereocenters. The van der Waals surface area contributed by atoms with Crippen LogP contribution in [0.5, 0.6) is 0 Å². The van der Waals surface area contributed by atoms with Gasteiger partial charge in [-0.25, -0.2) is 4.98 Å². The lowest BCUT2D eigenvalue weighted by molar-refractivity contribution is -0.137. The molecule has 1 amide bonds. The number of pyridine rings is 1. The summed E-state index contributed by atoms with van der Waals surface area (Å²) in [6.45, 7) is 7.30. The van der Waals surface area contributed by atoms with E-state index in [1.165, 1.54) is 4.68 Å². The number of hydrogen-bond donors (Lipinski definition) is 2. The fourth-order valence-corrected chi connectivity index (χ4v) is 5.19. The number of anilines is 3. The second-order valence-corrected chi connectivity index (χ2v) is 9.99. The normalized spacial score (nSPS) is 23.1. The first kappa shape index (κ1) is 24.3. The van der Waals surface area contributed by atoms with Crippen LogP contribution in [0.3, 0.4) is 0 Å². The van der Waals surface area contributed by atoms with Gasteiger partial charge in [-0.15, -0.1) is 0 Å². The van der Waals surface area contributed by atoms with E-state index in [0.717, 1.165) is 67.5 Å². The van der Waals surface area contributed by atoms with Crippen molar-refractivity contribution in [1.82, 2.24) is 14.8 Å². The molecule has 4 rings (SSSR count). The van der Waals surface area contributed by atoms with Crippen molar-refractivity contribution < 1.29 is 18.0 Å². The van der Waals surface area contributed by atoms with Crippen molar-refractivity contribution in [1.29, 1.82) is 0 Å². The summed E-state index contributed by atoms with van der Waals surface area (Å²) >= 11 is 0. The topological polar surface area (TPSA) is 75.1 Å². The predicted octanol–water partition coefficient (Wildman–Crippen LogP) is 4.94. The fourth-order valence-electron chi connectivity index (χ4n) is 5.19. The van der Waals surface area contributed by atoms with Crippen LogP contribution in [-0.2, 0) is 17.5 Å². The first-order valence-electron chi connectivity index (χ1n) is 11.9. The van der Waals surface area contributed by atoms with Crippen molar-refractivity contribution in [3.8, 4) is 0 Å². The largest absolute Gasteiger partial charge is 0.419 e. The Kier molecular flexibility index (Phi) is 6.78. The van der Waals surface area contributed by atoms with E-state index in [0.29, 0.717) is 18.4 Å². The third-order valence-corrected chi connectivity index (χ3v) is 7.07. The summed E-state index contributed by atoms with van der Waals surface area (Å²) in [4.78, 5) is 19.2. The number of carbonyl (C=O) groups is 1. The van der Waals surface area contributed by atoms with Gasteiger partial charge in [-0.05, 0) is 50.4 Å². The van der Waals surface area contributed by atoms with Crippen LogP contribution in [-0.4, -0.2) is 40.3 Å². The molecule has 0 aromatic carbocycles. The molecule has 7 nitrogen and oxygen atoms in total. The standard InChI is InChI=1S/C24H33F3N6O/c1-14(2)22-23(34)31-21-15(3)30-20(9-19(21)32(22)4)28-10-16-5-7-17(8-6-16)12-33-13-18(11-29-33)24(25,26)27/h9,11,13-14,16-17,22H,5-8,10,12H2,1-4H3,(H,28,30)(H,31,34). The van der Waals surface area contributed by atoms with Gasteiger partial charge >= 0.3 is 6.18 Å². The molecule has 1 aliphatic heterocycles. The summed E-state index contributed by atoms with van der Waals surface area (Å²) in [6, 6.07) is 1.78. The molecule has 2 aromatic heterocycles. The maximum atomic E-state index is 12.8. The van der Waals surface area contributed by atoms with E-state index < -0.39 is 11.7 Å². The summed E-state index contributed by atoms with van der Waals surface area (Å²) in [5.41, 5.74) is 1.82. The highest BCUT2D eigenvalue weighted by atomic mass is 19.4. The van der Waals surface area contributed by atoms with E-state index >= 15 is 0 Å². The minimum atomic E-state index is -4.35. The summed E-state index contributed by atoms with van der Waals surface area (Å²) in [5, 5.41) is 10.4. The number of halogens is 3. The monoisotopic (exact) mass is 478 g/mol. The quantitative estimate of drug-likeness (QED) is 0.615. The summed E-state index contributed by atoms with van der Waals surface area (Å²) in [6.07, 6.45) is 1.61. The van der Waals surface area contributed by atoms with Crippen molar-refractivity contribution in [3.63, 3.8) is 0 Å². The lowest BCUT2D eigenvalue weighted by Gasteiger charge is -2.38. The first-order chi connectivity index (χ1) is 16.0. The fraction of sp³-hybridized carbons (Fsp3) is 0.625. The molecule has 1 fully saturated rings. The molecular weight excluding hydrogens is 445 g/mol. The summed E-state index contributed by atoms with van der Waals surface area (Å²) in [7, 11) is 1.95. The second-order valence-electron chi connectivity index (χ2n) is 9.99. The Morgan fingerprint density at radius 3 is 2.50 bits per heavy atom. The van der Waals surface area contributed by atoms with Gasteiger partial charge in [-0.3, -0.25) is 9.48 Å². The Morgan fingerprint density at radius 2 is 1.88 bits per heavy atom. The number of hydrogen-bond acceptors (Lipinski definition) is 5. The van der Waals surface area contributed by atoms with Crippen LogP contribution in [0.2, 0.25) is 0 Å². The lowest BCUT2D eigenvalue weighted by atomic mass is 9.82. The summed E-state index contributed by atoms with van der Waals surface area (Å²) < 4.78 is 39.8. The van der Waals surface area contributed by atoms with Crippen LogP contribution >= 0.6 is 0 Å². The number of likely N-dealkylation sites (N-methyl/N-ethyl adjacent to an activating group) is 1. The predicted molar refractivity (Wildman–Crippen MR) is 126 cm³/mol. The average Bonchev–Trinajstić information content (AvgIpc) is 3.23. The average molecular weight is 479 g/mol. The molecule has 2 aliphatic rings. The number of nitrogens with one attached hydrogen (secondary N) is 2. The number of aryl methyl sites for hydroxylation is 1. The van der Waals surface area contributed by atoms with E-state index in [1.807, 2.05) is 38.8 Å². The molecule has 1 aliphatic carbocycles. The van der Waals surface area contributed by atoms with Crippen LogP contribution in [0.25, 0.3) is 0 Å². The second kappa shape index (κ2) is 9.46. The highest BCUT2D eigenvalue weighted by molar-refractivity contribution is 6.04. The van der Waals surface area contributed by atoms with Gasteiger partial charge in [0.1, 0.15) is 11.9 Å². The SMILES string of the molecule is Cc1nc(NCC2CCC(Cn3cc(C(F)(F)F)cn3)CC2)cc2c1NC(=O)C(C(C)C)N2C. The van der Waals surface area contributed by atoms with E-state index in [9.17, 15) is 18.0 Å². The van der Waals surface area contributed by atoms with Gasteiger partial charge in [-0.1, -0.05) is 13.8 Å². The van der Waals surface area contributed by atoms with Gasteiger partial charge < -0.3 is 15.5 Å². The van der Waals surface area contributed by atoms with E-state index in [4.69, 9.17) is 0 Å². The van der Waals surface area contributed by atoms with Gasteiger partial charge in [0, 0.05) is 32.4 Å². The molecule has 1 unspecified atom stereocenters. The third kappa shape index (κ3) is 5.15. The van der Waals surface area contributed by atoms with Crippen LogP contribution in [0.1, 0.15) is 50.8 Å². The van der Waals surface area contributed by atoms with Crippen molar-refractivity contribution in [2.75, 3.05) is 29.1 Å². The molecule has 0 bridgehead atoms. The molecule has 3 heterocycles. The Labute approximate surface area is 198 Å². The zero-order valence-electron chi connectivity index (χ0n) is 20.1. The zero-order chi connectivity index (χ0) is 24.6. The van der Waals surface area contributed by atoms with Gasteiger partial charge in [0.25, 0.3) is 0 Å². The van der Waals surface area contributed by atoms with E-state index in [1.54, 1.807) is 0 Å². The molecule has 0 spiro atoms. The van der Waals surface area contributed by atoms with Crippen LogP contribution in [0.4, 0.5) is 30.4 Å². The van der Waals surface area contributed by atoms with Gasteiger partial charge in [0.2, 0.25) is 5.91 Å². The van der Waals surface area contributed by atoms with Crippen LogP contribution in [0.15, 0.2) is 18.5 Å². The number of rotatable bonds is 6. The van der Waals surface area contributed by atoms with Crippen LogP contribution < -0.4 is 15.5 Å². The highest BCUT2D eigenvalue weighted by Gasteiger charge is 2.35. The van der Waals surface area contributed by atoms with Gasteiger partial charge in [0.05, 0.1) is 28.8 Å². The maximum absolute atomic E-state index is 12.8. The Hall–Kier alpha value is -2.78. The molecule has 186 valence electrons. The van der Waals surface area contributed by atoms with Crippen molar-refractivity contribution in [2.45, 2.75) is 65.2 Å². The number of nitrogens with zero attached hydrogens (tertiary/aromatic N) is 4. The molecule has 1 saturated carbocycles. The smallest absolute Gasteiger partial charge is 0.370 e. The molecule has 34 heavy (non-hydrogen) atoms. The van der Waals surface area contributed by atoms with E-state index in [-0.39, 0.29) is 17.9 Å². The molecule has 0 radical (unpaired) electrons. The third-order valence-electron chi connectivity index (χ3n) is 7.07. The van der Waals surface area contributed by atoms with Gasteiger partial charge in [0.15, 0.2) is 0 Å². The van der Waals surface area contributed by atoms with Crippen molar-refractivity contribution in [2.24, 2.45) is 17.8 Å². The van der Waals surface area contributed by atoms with E-state index in [2.05, 4.69) is 20.7 Å². The highest BCUT2D eigenvalue weighted by Crippen LogP contribution is 2.37. The van der Waals surface area contributed by atoms with Gasteiger partial charge in [-0.2, -0.15) is 18.3 Å². The lowest BCUT2D eigenvalue weighted by Crippen LogP contribution is -2.49. The Morgan fingerprint density at radius 1 is 1.21 bits per heavy atom. The maximum Gasteiger partial charge on any atom is 0.419 e. The number of fused-ring (bicyclic) bond motifs is 1. The van der Waals surface area contributed by atoms with Crippen molar-refractivity contribution in [3.05, 3.63) is 29.7 Å². The molecule has 0 saturated heterocycles. The minimum Gasteiger partial charge on any atom is -0.370 e. The molecule has 2 aromatic rings.